The molecule has 3 heteroatoms. The molecule has 1 N–H and O–H groups in total. The highest BCUT2D eigenvalue weighted by molar-refractivity contribution is 5.81. The van der Waals surface area contributed by atoms with Gasteiger partial charge in [-0.25, -0.2) is 0 Å². The van der Waals surface area contributed by atoms with Crippen molar-refractivity contribution in [2.24, 2.45) is 0 Å². The molecule has 3 nitrogen and oxygen atoms in total. The minimum Gasteiger partial charge on any atom is -0.347 e. The van der Waals surface area contributed by atoms with E-state index in [1.54, 1.807) is 4.90 Å². The van der Waals surface area contributed by atoms with E-state index in [-0.39, 0.29) is 11.9 Å². The van der Waals surface area contributed by atoms with Crippen LogP contribution in [0.15, 0.2) is 0 Å². The monoisotopic (exact) mass is 170 g/mol. The van der Waals surface area contributed by atoms with Crippen LogP contribution in [-0.2, 0) is 4.79 Å². The van der Waals surface area contributed by atoms with Crippen molar-refractivity contribution in [2.45, 2.75) is 38.3 Å². The SMILES string of the molecule is CC1CCCC(C(=O)N(C)C)N1. The summed E-state index contributed by atoms with van der Waals surface area (Å²) in [5, 5.41) is 3.31. The number of amides is 1. The Labute approximate surface area is 74.1 Å². The topological polar surface area (TPSA) is 32.3 Å². The van der Waals surface area contributed by atoms with E-state index in [0.717, 1.165) is 6.42 Å². The molecule has 1 saturated heterocycles. The van der Waals surface area contributed by atoms with Crippen molar-refractivity contribution in [2.75, 3.05) is 14.1 Å². The van der Waals surface area contributed by atoms with Crippen molar-refractivity contribution in [1.29, 1.82) is 0 Å². The van der Waals surface area contributed by atoms with Gasteiger partial charge in [0.25, 0.3) is 0 Å². The molecule has 2 atom stereocenters. The van der Waals surface area contributed by atoms with Crippen LogP contribution in [-0.4, -0.2) is 37.0 Å². The molecular weight excluding hydrogens is 152 g/mol. The summed E-state index contributed by atoms with van der Waals surface area (Å²) in [4.78, 5) is 13.2. The average molecular weight is 170 g/mol. The second kappa shape index (κ2) is 3.90. The molecule has 0 aromatic heterocycles. The summed E-state index contributed by atoms with van der Waals surface area (Å²) >= 11 is 0. The van der Waals surface area contributed by atoms with Gasteiger partial charge < -0.3 is 10.2 Å². The molecule has 0 radical (unpaired) electrons. The molecule has 1 heterocycles. The van der Waals surface area contributed by atoms with Crippen molar-refractivity contribution in [1.82, 2.24) is 10.2 Å². The van der Waals surface area contributed by atoms with Crippen LogP contribution in [0.3, 0.4) is 0 Å². The van der Waals surface area contributed by atoms with Crippen LogP contribution in [0.1, 0.15) is 26.2 Å². The third-order valence-corrected chi connectivity index (χ3v) is 2.35. The van der Waals surface area contributed by atoms with Crippen LogP contribution in [0.4, 0.5) is 0 Å². The van der Waals surface area contributed by atoms with Gasteiger partial charge in [0.1, 0.15) is 0 Å². The van der Waals surface area contributed by atoms with E-state index >= 15 is 0 Å². The van der Waals surface area contributed by atoms with E-state index in [1.165, 1.54) is 12.8 Å². The first-order valence-electron chi connectivity index (χ1n) is 4.58. The van der Waals surface area contributed by atoms with Crippen molar-refractivity contribution in [3.63, 3.8) is 0 Å². The van der Waals surface area contributed by atoms with Crippen LogP contribution in [0, 0.1) is 0 Å². The molecule has 0 spiro atoms. The van der Waals surface area contributed by atoms with E-state index in [2.05, 4.69) is 12.2 Å². The second-order valence-electron chi connectivity index (χ2n) is 3.78. The number of hydrogen-bond donors (Lipinski definition) is 1. The summed E-state index contributed by atoms with van der Waals surface area (Å²) in [5.74, 6) is 0.210. The molecule has 1 aliphatic rings. The van der Waals surface area contributed by atoms with E-state index in [1.807, 2.05) is 14.1 Å². The molecule has 70 valence electrons. The maximum absolute atomic E-state index is 11.5. The standard InChI is InChI=1S/C9H18N2O/c1-7-5-4-6-8(10-7)9(12)11(2)3/h7-8,10H,4-6H2,1-3H3. The van der Waals surface area contributed by atoms with Crippen LogP contribution in [0.5, 0.6) is 0 Å². The first-order chi connectivity index (χ1) is 5.61. The quantitative estimate of drug-likeness (QED) is 0.625. The third kappa shape index (κ3) is 2.21. The highest BCUT2D eigenvalue weighted by atomic mass is 16.2. The molecule has 0 aromatic rings. The van der Waals surface area contributed by atoms with Gasteiger partial charge in [-0.05, 0) is 26.2 Å². The Bertz CT molecular complexity index is 168. The van der Waals surface area contributed by atoms with Gasteiger partial charge in [0.15, 0.2) is 0 Å². The van der Waals surface area contributed by atoms with Gasteiger partial charge in [0.2, 0.25) is 5.91 Å². The Kier molecular flexibility index (Phi) is 3.09. The van der Waals surface area contributed by atoms with Gasteiger partial charge >= 0.3 is 0 Å². The van der Waals surface area contributed by atoms with Gasteiger partial charge in [0.05, 0.1) is 6.04 Å². The maximum Gasteiger partial charge on any atom is 0.239 e. The molecule has 0 bridgehead atoms. The predicted octanol–water partition coefficient (Wildman–Crippen LogP) is 0.605. The van der Waals surface area contributed by atoms with E-state index in [0.29, 0.717) is 6.04 Å². The van der Waals surface area contributed by atoms with Crippen molar-refractivity contribution in [3.05, 3.63) is 0 Å². The number of rotatable bonds is 1. The molecule has 0 saturated carbocycles. The average Bonchev–Trinajstić information content (AvgIpc) is 2.03. The lowest BCUT2D eigenvalue weighted by Gasteiger charge is -2.29. The van der Waals surface area contributed by atoms with Gasteiger partial charge in [-0.2, -0.15) is 0 Å². The zero-order valence-electron chi connectivity index (χ0n) is 8.13. The maximum atomic E-state index is 11.5. The van der Waals surface area contributed by atoms with Crippen LogP contribution in [0.25, 0.3) is 0 Å². The van der Waals surface area contributed by atoms with Crippen molar-refractivity contribution >= 4 is 5.91 Å². The number of likely N-dealkylation sites (N-methyl/N-ethyl adjacent to an activating group) is 1. The zero-order chi connectivity index (χ0) is 9.14. The summed E-state index contributed by atoms with van der Waals surface area (Å²) in [7, 11) is 3.62. The van der Waals surface area contributed by atoms with E-state index in [4.69, 9.17) is 0 Å². The highest BCUT2D eigenvalue weighted by Crippen LogP contribution is 2.13. The Morgan fingerprint density at radius 1 is 1.42 bits per heavy atom. The minimum absolute atomic E-state index is 0.0590. The number of nitrogens with one attached hydrogen (secondary N) is 1. The van der Waals surface area contributed by atoms with Crippen molar-refractivity contribution < 1.29 is 4.79 Å². The number of hydrogen-bond acceptors (Lipinski definition) is 2. The summed E-state index contributed by atoms with van der Waals surface area (Å²) in [6.07, 6.45) is 3.34. The summed E-state index contributed by atoms with van der Waals surface area (Å²) in [6, 6.07) is 0.552. The molecule has 2 unspecified atom stereocenters. The lowest BCUT2D eigenvalue weighted by Crippen LogP contribution is -2.49. The first-order valence-corrected chi connectivity index (χ1v) is 4.58. The molecule has 1 aliphatic heterocycles. The van der Waals surface area contributed by atoms with Crippen LogP contribution >= 0.6 is 0 Å². The Balaban J connectivity index is 2.46. The van der Waals surface area contributed by atoms with E-state index in [9.17, 15) is 4.79 Å². The molecule has 12 heavy (non-hydrogen) atoms. The van der Waals surface area contributed by atoms with Gasteiger partial charge in [-0.1, -0.05) is 0 Å². The lowest BCUT2D eigenvalue weighted by atomic mass is 9.99. The summed E-state index contributed by atoms with van der Waals surface area (Å²) in [6.45, 7) is 2.13. The second-order valence-corrected chi connectivity index (χ2v) is 3.78. The lowest BCUT2D eigenvalue weighted by molar-refractivity contribution is -0.131. The largest absolute Gasteiger partial charge is 0.347 e. The van der Waals surface area contributed by atoms with Gasteiger partial charge in [-0.3, -0.25) is 4.79 Å². The first kappa shape index (κ1) is 9.52. The predicted molar refractivity (Wildman–Crippen MR) is 48.9 cm³/mol. The van der Waals surface area contributed by atoms with Crippen molar-refractivity contribution in [3.8, 4) is 0 Å². The molecule has 1 amide bonds. The number of nitrogens with zero attached hydrogens (tertiary/aromatic N) is 1. The number of carbonyl (C=O) groups is 1. The molecule has 0 aliphatic carbocycles. The smallest absolute Gasteiger partial charge is 0.239 e. The zero-order valence-corrected chi connectivity index (χ0v) is 8.13. The van der Waals surface area contributed by atoms with Gasteiger partial charge in [-0.15, -0.1) is 0 Å². The fraction of sp³-hybridized carbons (Fsp3) is 0.889. The molecule has 1 fully saturated rings. The molecule has 0 aromatic carbocycles. The Morgan fingerprint density at radius 3 is 2.58 bits per heavy atom. The van der Waals surface area contributed by atoms with Crippen LogP contribution < -0.4 is 5.32 Å². The molecular formula is C9H18N2O. The number of piperidine rings is 1. The highest BCUT2D eigenvalue weighted by Gasteiger charge is 2.24. The fourth-order valence-corrected chi connectivity index (χ4v) is 1.64. The summed E-state index contributed by atoms with van der Waals surface area (Å²) in [5.41, 5.74) is 0. The summed E-state index contributed by atoms with van der Waals surface area (Å²) < 4.78 is 0. The fourth-order valence-electron chi connectivity index (χ4n) is 1.64. The van der Waals surface area contributed by atoms with E-state index < -0.39 is 0 Å². The van der Waals surface area contributed by atoms with Crippen LogP contribution in [0.2, 0.25) is 0 Å². The normalized spacial score (nSPS) is 29.9. The Hall–Kier alpha value is -0.570. The van der Waals surface area contributed by atoms with Gasteiger partial charge in [0, 0.05) is 20.1 Å². The Morgan fingerprint density at radius 2 is 2.08 bits per heavy atom. The molecule has 1 rings (SSSR count). The minimum atomic E-state index is 0.0590. The number of carbonyl (C=O) groups excluding carboxylic acids is 1. The third-order valence-electron chi connectivity index (χ3n) is 2.35.